The number of rotatable bonds is 3. The fourth-order valence-corrected chi connectivity index (χ4v) is 2.94. The number of aromatic nitrogens is 1. The van der Waals surface area contributed by atoms with E-state index in [2.05, 4.69) is 10.3 Å². The average molecular weight is 359 g/mol. The van der Waals surface area contributed by atoms with Crippen LogP contribution in [0.3, 0.4) is 0 Å². The predicted octanol–water partition coefficient (Wildman–Crippen LogP) is 5.34. The fourth-order valence-electron chi connectivity index (χ4n) is 2.64. The van der Waals surface area contributed by atoms with Gasteiger partial charge in [-0.05, 0) is 43.7 Å². The van der Waals surface area contributed by atoms with Crippen LogP contribution in [-0.2, 0) is 0 Å². The van der Waals surface area contributed by atoms with Crippen molar-refractivity contribution in [3.8, 4) is 0 Å². The van der Waals surface area contributed by atoms with E-state index >= 15 is 0 Å². The van der Waals surface area contributed by atoms with Gasteiger partial charge in [0.15, 0.2) is 0 Å². The molecule has 1 atom stereocenters. The molecule has 0 aliphatic rings. The molecule has 1 N–H and O–H groups in total. The van der Waals surface area contributed by atoms with Gasteiger partial charge in [-0.3, -0.25) is 9.78 Å². The number of hydrogen-bond acceptors (Lipinski definition) is 2. The molecular formula is C19H16Cl2N2O. The Morgan fingerprint density at radius 1 is 1.08 bits per heavy atom. The number of carbonyl (C=O) groups excluding carboxylic acids is 1. The Morgan fingerprint density at radius 2 is 1.83 bits per heavy atom. The Kier molecular flexibility index (Phi) is 4.74. The van der Waals surface area contributed by atoms with Crippen LogP contribution in [-0.4, -0.2) is 10.9 Å². The Balaban J connectivity index is 1.91. The molecule has 0 spiro atoms. The van der Waals surface area contributed by atoms with Gasteiger partial charge in [-0.15, -0.1) is 0 Å². The maximum absolute atomic E-state index is 12.7. The average Bonchev–Trinajstić information content (AvgIpc) is 2.56. The quantitative estimate of drug-likeness (QED) is 0.686. The van der Waals surface area contributed by atoms with Crippen LogP contribution in [0.25, 0.3) is 10.9 Å². The van der Waals surface area contributed by atoms with Gasteiger partial charge >= 0.3 is 0 Å². The summed E-state index contributed by atoms with van der Waals surface area (Å²) in [6.45, 7) is 3.79. The summed E-state index contributed by atoms with van der Waals surface area (Å²) in [5.74, 6) is -0.143. The molecule has 24 heavy (non-hydrogen) atoms. The summed E-state index contributed by atoms with van der Waals surface area (Å²) in [7, 11) is 0. The SMILES string of the molecule is Cc1cc(C(=O)NC(C)c2ccc(Cl)c(Cl)c2)c2ccccc2n1. The highest BCUT2D eigenvalue weighted by molar-refractivity contribution is 6.42. The van der Waals surface area contributed by atoms with Gasteiger partial charge in [0, 0.05) is 11.1 Å². The molecule has 2 aromatic carbocycles. The second-order valence-corrected chi connectivity index (χ2v) is 6.51. The lowest BCUT2D eigenvalue weighted by molar-refractivity contribution is 0.0941. The number of amides is 1. The number of fused-ring (bicyclic) bond motifs is 1. The summed E-state index contributed by atoms with van der Waals surface area (Å²) in [5, 5.41) is 4.81. The zero-order valence-electron chi connectivity index (χ0n) is 13.3. The van der Waals surface area contributed by atoms with Gasteiger partial charge in [-0.25, -0.2) is 0 Å². The Morgan fingerprint density at radius 3 is 2.58 bits per heavy atom. The molecule has 1 unspecified atom stereocenters. The largest absolute Gasteiger partial charge is 0.345 e. The van der Waals surface area contributed by atoms with E-state index in [9.17, 15) is 4.79 Å². The van der Waals surface area contributed by atoms with E-state index in [0.29, 0.717) is 15.6 Å². The number of nitrogens with one attached hydrogen (secondary N) is 1. The van der Waals surface area contributed by atoms with Gasteiger partial charge in [0.25, 0.3) is 5.91 Å². The molecule has 3 aromatic rings. The van der Waals surface area contributed by atoms with Crippen molar-refractivity contribution < 1.29 is 4.79 Å². The number of halogens is 2. The summed E-state index contributed by atoms with van der Waals surface area (Å²) in [6, 6.07) is 14.6. The van der Waals surface area contributed by atoms with E-state index < -0.39 is 0 Å². The van der Waals surface area contributed by atoms with Crippen LogP contribution in [0.2, 0.25) is 10.0 Å². The number of benzene rings is 2. The third-order valence-electron chi connectivity index (χ3n) is 3.88. The lowest BCUT2D eigenvalue weighted by atomic mass is 10.0. The Bertz CT molecular complexity index is 924. The molecular weight excluding hydrogens is 343 g/mol. The predicted molar refractivity (Wildman–Crippen MR) is 98.8 cm³/mol. The Hall–Kier alpha value is -2.10. The minimum Gasteiger partial charge on any atom is -0.345 e. The summed E-state index contributed by atoms with van der Waals surface area (Å²) in [6.07, 6.45) is 0. The van der Waals surface area contributed by atoms with Gasteiger partial charge in [0.1, 0.15) is 0 Å². The summed E-state index contributed by atoms with van der Waals surface area (Å²) < 4.78 is 0. The smallest absolute Gasteiger partial charge is 0.252 e. The highest BCUT2D eigenvalue weighted by atomic mass is 35.5. The molecule has 3 rings (SSSR count). The van der Waals surface area contributed by atoms with Crippen molar-refractivity contribution in [3.63, 3.8) is 0 Å². The van der Waals surface area contributed by atoms with Crippen LogP contribution in [0.4, 0.5) is 0 Å². The first-order chi connectivity index (χ1) is 11.5. The lowest BCUT2D eigenvalue weighted by Crippen LogP contribution is -2.27. The van der Waals surface area contributed by atoms with Gasteiger partial charge in [0.2, 0.25) is 0 Å². The topological polar surface area (TPSA) is 42.0 Å². The molecule has 0 bridgehead atoms. The van der Waals surface area contributed by atoms with E-state index in [1.165, 1.54) is 0 Å². The van der Waals surface area contributed by atoms with Crippen molar-refractivity contribution in [1.82, 2.24) is 10.3 Å². The number of hydrogen-bond donors (Lipinski definition) is 1. The molecule has 3 nitrogen and oxygen atoms in total. The molecule has 1 amide bonds. The molecule has 0 saturated heterocycles. The van der Waals surface area contributed by atoms with Crippen LogP contribution < -0.4 is 5.32 Å². The highest BCUT2D eigenvalue weighted by Gasteiger charge is 2.15. The molecule has 0 radical (unpaired) electrons. The van der Waals surface area contributed by atoms with E-state index in [0.717, 1.165) is 22.2 Å². The number of nitrogens with zero attached hydrogens (tertiary/aromatic N) is 1. The van der Waals surface area contributed by atoms with Crippen LogP contribution in [0.1, 0.15) is 34.6 Å². The van der Waals surface area contributed by atoms with Crippen LogP contribution >= 0.6 is 23.2 Å². The molecule has 0 aliphatic carbocycles. The minimum atomic E-state index is -0.195. The third kappa shape index (κ3) is 3.37. The molecule has 0 aliphatic heterocycles. The molecule has 0 fully saturated rings. The molecule has 1 aromatic heterocycles. The van der Waals surface area contributed by atoms with E-state index in [4.69, 9.17) is 23.2 Å². The number of pyridine rings is 1. The number of aryl methyl sites for hydroxylation is 1. The standard InChI is InChI=1S/C19H16Cl2N2O/c1-11-9-15(14-5-3-4-6-18(14)22-11)19(24)23-12(2)13-7-8-16(20)17(21)10-13/h3-10,12H,1-2H3,(H,23,24). The zero-order chi connectivity index (χ0) is 17.3. The van der Waals surface area contributed by atoms with Crippen molar-refractivity contribution in [2.75, 3.05) is 0 Å². The van der Waals surface area contributed by atoms with Crippen molar-refractivity contribution >= 4 is 40.0 Å². The number of para-hydroxylation sites is 1. The fraction of sp³-hybridized carbons (Fsp3) is 0.158. The van der Waals surface area contributed by atoms with E-state index in [1.807, 2.05) is 44.2 Å². The first-order valence-electron chi connectivity index (χ1n) is 7.58. The highest BCUT2D eigenvalue weighted by Crippen LogP contribution is 2.26. The van der Waals surface area contributed by atoms with Crippen LogP contribution in [0.15, 0.2) is 48.5 Å². The number of carbonyl (C=O) groups is 1. The maximum atomic E-state index is 12.7. The first-order valence-corrected chi connectivity index (χ1v) is 8.33. The van der Waals surface area contributed by atoms with E-state index in [1.54, 1.807) is 18.2 Å². The van der Waals surface area contributed by atoms with Crippen LogP contribution in [0, 0.1) is 6.92 Å². The summed E-state index contributed by atoms with van der Waals surface area (Å²) in [5.41, 5.74) is 3.13. The van der Waals surface area contributed by atoms with Crippen LogP contribution in [0.5, 0.6) is 0 Å². The zero-order valence-corrected chi connectivity index (χ0v) is 14.8. The van der Waals surface area contributed by atoms with Crippen molar-refractivity contribution in [1.29, 1.82) is 0 Å². The van der Waals surface area contributed by atoms with Gasteiger partial charge in [0.05, 0.1) is 27.2 Å². The second-order valence-electron chi connectivity index (χ2n) is 5.70. The van der Waals surface area contributed by atoms with Gasteiger partial charge in [-0.2, -0.15) is 0 Å². The summed E-state index contributed by atoms with van der Waals surface area (Å²) >= 11 is 12.0. The second kappa shape index (κ2) is 6.80. The third-order valence-corrected chi connectivity index (χ3v) is 4.62. The first kappa shape index (κ1) is 16.7. The summed E-state index contributed by atoms with van der Waals surface area (Å²) in [4.78, 5) is 17.2. The monoisotopic (exact) mass is 358 g/mol. The lowest BCUT2D eigenvalue weighted by Gasteiger charge is -2.16. The normalized spacial score (nSPS) is 12.2. The van der Waals surface area contributed by atoms with Crippen molar-refractivity contribution in [2.45, 2.75) is 19.9 Å². The van der Waals surface area contributed by atoms with Crippen molar-refractivity contribution in [3.05, 3.63) is 75.4 Å². The molecule has 5 heteroatoms. The van der Waals surface area contributed by atoms with Crippen molar-refractivity contribution in [2.24, 2.45) is 0 Å². The molecule has 1 heterocycles. The van der Waals surface area contributed by atoms with E-state index in [-0.39, 0.29) is 11.9 Å². The molecule has 122 valence electrons. The van der Waals surface area contributed by atoms with Gasteiger partial charge in [-0.1, -0.05) is 47.5 Å². The van der Waals surface area contributed by atoms with Gasteiger partial charge < -0.3 is 5.32 Å². The maximum Gasteiger partial charge on any atom is 0.252 e. The minimum absolute atomic E-state index is 0.143. The Labute approximate surface area is 150 Å². The molecule has 0 saturated carbocycles.